The van der Waals surface area contributed by atoms with Gasteiger partial charge in [-0.25, -0.2) is 0 Å². The number of amides is 2. The average molecular weight is 422 g/mol. The Balaban J connectivity index is 1.06. The van der Waals surface area contributed by atoms with Gasteiger partial charge in [0, 0.05) is 42.6 Å². The van der Waals surface area contributed by atoms with E-state index in [-0.39, 0.29) is 29.9 Å². The molecule has 6 heteroatoms. The van der Waals surface area contributed by atoms with Crippen LogP contribution in [0.3, 0.4) is 0 Å². The van der Waals surface area contributed by atoms with Gasteiger partial charge in [-0.1, -0.05) is 6.07 Å². The van der Waals surface area contributed by atoms with Crippen molar-refractivity contribution in [3.05, 3.63) is 36.5 Å². The molecule has 3 fully saturated rings. The topological polar surface area (TPSA) is 71.5 Å². The van der Waals surface area contributed by atoms with Gasteiger partial charge in [-0.3, -0.25) is 14.6 Å². The van der Waals surface area contributed by atoms with Gasteiger partial charge >= 0.3 is 0 Å². The predicted molar refractivity (Wildman–Crippen MR) is 119 cm³/mol. The minimum absolute atomic E-state index is 0.0448. The maximum absolute atomic E-state index is 12.7. The number of aromatic nitrogens is 1. The number of fused-ring (bicyclic) bond motifs is 1. The van der Waals surface area contributed by atoms with Gasteiger partial charge in [-0.15, -0.1) is 0 Å². The number of piperidine rings is 1. The highest BCUT2D eigenvalue weighted by Crippen LogP contribution is 2.32. The van der Waals surface area contributed by atoms with Crippen molar-refractivity contribution in [1.82, 2.24) is 15.2 Å². The fraction of sp³-hybridized carbons (Fsp3) is 0.560. The van der Waals surface area contributed by atoms with Crippen LogP contribution in [-0.2, 0) is 9.59 Å². The van der Waals surface area contributed by atoms with Gasteiger partial charge in [0.05, 0.1) is 11.6 Å². The van der Waals surface area contributed by atoms with Crippen molar-refractivity contribution >= 4 is 22.7 Å². The molecule has 2 aromatic rings. The molecule has 2 heterocycles. The van der Waals surface area contributed by atoms with Gasteiger partial charge in [-0.05, 0) is 75.6 Å². The lowest BCUT2D eigenvalue weighted by Gasteiger charge is -2.34. The zero-order valence-electron chi connectivity index (χ0n) is 18.0. The second-order valence-corrected chi connectivity index (χ2v) is 9.33. The summed E-state index contributed by atoms with van der Waals surface area (Å²) >= 11 is 0. The Hall–Kier alpha value is -2.63. The molecule has 5 rings (SSSR count). The molecule has 1 aromatic heterocycles. The summed E-state index contributed by atoms with van der Waals surface area (Å²) in [5.41, 5.74) is 0.976. The Kier molecular flexibility index (Phi) is 5.79. The molecule has 164 valence electrons. The van der Waals surface area contributed by atoms with Gasteiger partial charge in [0.25, 0.3) is 0 Å². The number of carbonyl (C=O) groups is 2. The molecular formula is C25H31N3O3. The van der Waals surface area contributed by atoms with Crippen LogP contribution in [0.1, 0.15) is 51.4 Å². The quantitative estimate of drug-likeness (QED) is 0.799. The molecule has 1 aliphatic heterocycles. The van der Waals surface area contributed by atoms with E-state index in [0.717, 1.165) is 81.1 Å². The Morgan fingerprint density at radius 2 is 1.71 bits per heavy atom. The highest BCUT2D eigenvalue weighted by molar-refractivity contribution is 5.82. The summed E-state index contributed by atoms with van der Waals surface area (Å²) in [5, 5.41) is 4.36. The molecule has 0 bridgehead atoms. The lowest BCUT2D eigenvalue weighted by atomic mass is 9.91. The van der Waals surface area contributed by atoms with Crippen molar-refractivity contribution in [3.8, 4) is 5.75 Å². The van der Waals surface area contributed by atoms with E-state index in [1.54, 1.807) is 6.20 Å². The highest BCUT2D eigenvalue weighted by atomic mass is 16.5. The van der Waals surface area contributed by atoms with Crippen LogP contribution >= 0.6 is 0 Å². The monoisotopic (exact) mass is 421 g/mol. The molecule has 0 unspecified atom stereocenters. The SMILES string of the molecule is O=C(NC1CCC(Oc2ccc3ncccc3c2)CC1)C1CCN(C(=O)C2CC2)CC1. The first-order chi connectivity index (χ1) is 15.2. The third-order valence-corrected chi connectivity index (χ3v) is 7.00. The Labute approximate surface area is 183 Å². The molecule has 0 atom stereocenters. The lowest BCUT2D eigenvalue weighted by molar-refractivity contribution is -0.136. The molecule has 2 aliphatic carbocycles. The first-order valence-electron chi connectivity index (χ1n) is 11.8. The van der Waals surface area contributed by atoms with E-state index >= 15 is 0 Å². The summed E-state index contributed by atoms with van der Waals surface area (Å²) in [7, 11) is 0. The number of nitrogens with zero attached hydrogens (tertiary/aromatic N) is 2. The molecule has 6 nitrogen and oxygen atoms in total. The van der Waals surface area contributed by atoms with E-state index < -0.39 is 0 Å². The second kappa shape index (κ2) is 8.85. The van der Waals surface area contributed by atoms with Crippen molar-refractivity contribution in [3.63, 3.8) is 0 Å². The zero-order chi connectivity index (χ0) is 21.2. The molecule has 1 N–H and O–H groups in total. The number of rotatable bonds is 5. The van der Waals surface area contributed by atoms with E-state index in [4.69, 9.17) is 4.74 Å². The summed E-state index contributed by atoms with van der Waals surface area (Å²) in [4.78, 5) is 31.2. The van der Waals surface area contributed by atoms with Gasteiger partial charge in [-0.2, -0.15) is 0 Å². The number of likely N-dealkylation sites (tertiary alicyclic amines) is 1. The minimum Gasteiger partial charge on any atom is -0.490 e. The molecular weight excluding hydrogens is 390 g/mol. The van der Waals surface area contributed by atoms with E-state index in [1.165, 1.54) is 0 Å². The lowest BCUT2D eigenvalue weighted by Crippen LogP contribution is -2.46. The van der Waals surface area contributed by atoms with Crippen LogP contribution in [-0.4, -0.2) is 46.9 Å². The van der Waals surface area contributed by atoms with E-state index in [1.807, 2.05) is 29.2 Å². The molecule has 31 heavy (non-hydrogen) atoms. The highest BCUT2D eigenvalue weighted by Gasteiger charge is 2.36. The van der Waals surface area contributed by atoms with Gasteiger partial charge in [0.15, 0.2) is 0 Å². The Bertz CT molecular complexity index is 942. The summed E-state index contributed by atoms with van der Waals surface area (Å²) < 4.78 is 6.21. The van der Waals surface area contributed by atoms with Gasteiger partial charge in [0.1, 0.15) is 5.75 Å². The van der Waals surface area contributed by atoms with Crippen LogP contribution < -0.4 is 10.1 Å². The number of ether oxygens (including phenoxy) is 1. The van der Waals surface area contributed by atoms with Crippen LogP contribution in [0.15, 0.2) is 36.5 Å². The summed E-state index contributed by atoms with van der Waals surface area (Å²) in [6.45, 7) is 1.46. The second-order valence-electron chi connectivity index (χ2n) is 9.33. The van der Waals surface area contributed by atoms with E-state index in [0.29, 0.717) is 5.91 Å². The van der Waals surface area contributed by atoms with Crippen LogP contribution in [0.5, 0.6) is 5.75 Å². The van der Waals surface area contributed by atoms with Crippen LogP contribution in [0, 0.1) is 11.8 Å². The fourth-order valence-corrected chi connectivity index (χ4v) is 4.91. The molecule has 3 aliphatic rings. The standard InChI is InChI=1S/C25H31N3O3/c29-24(17-11-14-28(15-12-17)25(30)18-3-4-18)27-20-5-7-21(8-6-20)31-22-9-10-23-19(16-22)2-1-13-26-23/h1-2,9-10,13,16-18,20-21H,3-8,11-12,14-15H2,(H,27,29). The predicted octanol–water partition coefficient (Wildman–Crippen LogP) is 3.69. The number of hydrogen-bond donors (Lipinski definition) is 1. The summed E-state index contributed by atoms with van der Waals surface area (Å²) in [6.07, 6.45) is 9.46. The number of hydrogen-bond acceptors (Lipinski definition) is 4. The zero-order valence-corrected chi connectivity index (χ0v) is 18.0. The maximum Gasteiger partial charge on any atom is 0.225 e. The summed E-state index contributed by atoms with van der Waals surface area (Å²) in [6, 6.07) is 10.3. The molecule has 0 spiro atoms. The van der Waals surface area contributed by atoms with Crippen LogP contribution in [0.25, 0.3) is 10.9 Å². The maximum atomic E-state index is 12.7. The van der Waals surface area contributed by atoms with Gasteiger partial charge in [0.2, 0.25) is 11.8 Å². The Morgan fingerprint density at radius 1 is 0.935 bits per heavy atom. The van der Waals surface area contributed by atoms with Crippen molar-refractivity contribution in [1.29, 1.82) is 0 Å². The summed E-state index contributed by atoms with van der Waals surface area (Å²) in [5.74, 6) is 1.68. The van der Waals surface area contributed by atoms with E-state index in [2.05, 4.69) is 16.4 Å². The molecule has 1 aromatic carbocycles. The van der Waals surface area contributed by atoms with Crippen molar-refractivity contribution < 1.29 is 14.3 Å². The van der Waals surface area contributed by atoms with E-state index in [9.17, 15) is 9.59 Å². The number of benzene rings is 1. The number of pyridine rings is 1. The Morgan fingerprint density at radius 3 is 2.45 bits per heavy atom. The van der Waals surface area contributed by atoms with Crippen molar-refractivity contribution in [2.75, 3.05) is 13.1 Å². The van der Waals surface area contributed by atoms with Crippen molar-refractivity contribution in [2.24, 2.45) is 11.8 Å². The van der Waals surface area contributed by atoms with Crippen LogP contribution in [0.2, 0.25) is 0 Å². The normalized spacial score (nSPS) is 24.7. The van der Waals surface area contributed by atoms with Crippen molar-refractivity contribution in [2.45, 2.75) is 63.5 Å². The smallest absolute Gasteiger partial charge is 0.225 e. The fourth-order valence-electron chi connectivity index (χ4n) is 4.91. The largest absolute Gasteiger partial charge is 0.490 e. The first-order valence-corrected chi connectivity index (χ1v) is 11.8. The molecule has 2 amide bonds. The van der Waals surface area contributed by atoms with Gasteiger partial charge < -0.3 is 15.0 Å². The first kappa shape index (κ1) is 20.3. The average Bonchev–Trinajstić information content (AvgIpc) is 3.65. The van der Waals surface area contributed by atoms with Crippen LogP contribution in [0.4, 0.5) is 0 Å². The minimum atomic E-state index is 0.0448. The molecule has 2 saturated carbocycles. The third kappa shape index (κ3) is 4.83. The molecule has 0 radical (unpaired) electrons. The number of carbonyl (C=O) groups excluding carboxylic acids is 2. The number of nitrogens with one attached hydrogen (secondary N) is 1. The molecule has 1 saturated heterocycles. The third-order valence-electron chi connectivity index (χ3n) is 7.00.